The van der Waals surface area contributed by atoms with Gasteiger partial charge >= 0.3 is 0 Å². The smallest absolute Gasteiger partial charge is 0.255 e. The van der Waals surface area contributed by atoms with E-state index >= 15 is 0 Å². The first kappa shape index (κ1) is 25.1. The number of pyridine rings is 1. The number of likely N-dealkylation sites (tertiary alicyclic amines) is 1. The van der Waals surface area contributed by atoms with Crippen LogP contribution in [0.4, 0.5) is 11.4 Å². The van der Waals surface area contributed by atoms with Crippen LogP contribution < -0.4 is 15.4 Å². The van der Waals surface area contributed by atoms with Crippen LogP contribution in [0.5, 0.6) is 5.75 Å². The summed E-state index contributed by atoms with van der Waals surface area (Å²) in [5.74, 6) is 7.32. The summed E-state index contributed by atoms with van der Waals surface area (Å²) in [5.41, 5.74) is 4.85. The fraction of sp³-hybridized carbons (Fsp3) is 0.300. The molecule has 198 valence electrons. The minimum absolute atomic E-state index is 0.0714. The molecule has 8 nitrogen and oxygen atoms in total. The molecule has 39 heavy (non-hydrogen) atoms. The van der Waals surface area contributed by atoms with E-state index in [0.29, 0.717) is 52.2 Å². The first-order valence-corrected chi connectivity index (χ1v) is 13.4. The molecule has 2 bridgehead atoms. The summed E-state index contributed by atoms with van der Waals surface area (Å²) in [6, 6.07) is 7.37. The van der Waals surface area contributed by atoms with Gasteiger partial charge in [0, 0.05) is 42.7 Å². The summed E-state index contributed by atoms with van der Waals surface area (Å²) in [6.07, 6.45) is 8.53. The van der Waals surface area contributed by atoms with E-state index in [1.807, 2.05) is 23.1 Å². The molecule has 3 atom stereocenters. The number of aromatic amines is 1. The van der Waals surface area contributed by atoms with Crippen molar-refractivity contribution in [2.24, 2.45) is 5.92 Å². The first-order chi connectivity index (χ1) is 19.0. The predicted molar refractivity (Wildman–Crippen MR) is 150 cm³/mol. The van der Waals surface area contributed by atoms with Crippen LogP contribution in [0.2, 0.25) is 5.02 Å². The van der Waals surface area contributed by atoms with Gasteiger partial charge in [-0.2, -0.15) is 0 Å². The molecule has 9 heteroatoms. The van der Waals surface area contributed by atoms with Crippen molar-refractivity contribution in [3.63, 3.8) is 0 Å². The number of rotatable bonds is 5. The highest BCUT2D eigenvalue weighted by atomic mass is 35.5. The zero-order chi connectivity index (χ0) is 27.1. The number of halogens is 1. The lowest BCUT2D eigenvalue weighted by Gasteiger charge is -2.31. The zero-order valence-electron chi connectivity index (χ0n) is 21.5. The van der Waals surface area contributed by atoms with E-state index in [1.54, 1.807) is 25.6 Å². The summed E-state index contributed by atoms with van der Waals surface area (Å²) < 4.78 is 5.55. The van der Waals surface area contributed by atoms with Gasteiger partial charge in [-0.1, -0.05) is 36.1 Å². The Labute approximate surface area is 231 Å². The lowest BCUT2D eigenvalue weighted by Crippen LogP contribution is -2.43. The van der Waals surface area contributed by atoms with Gasteiger partial charge in [0.05, 0.1) is 46.4 Å². The second-order valence-corrected chi connectivity index (χ2v) is 10.4. The lowest BCUT2D eigenvalue weighted by atomic mass is 9.98. The van der Waals surface area contributed by atoms with E-state index in [9.17, 15) is 9.59 Å². The summed E-state index contributed by atoms with van der Waals surface area (Å²) in [6.45, 7) is 4.23. The number of amides is 2. The number of para-hydroxylation sites is 1. The minimum Gasteiger partial charge on any atom is -0.493 e. The van der Waals surface area contributed by atoms with Gasteiger partial charge < -0.3 is 25.3 Å². The van der Waals surface area contributed by atoms with Gasteiger partial charge in [0.1, 0.15) is 0 Å². The van der Waals surface area contributed by atoms with E-state index in [1.165, 1.54) is 6.08 Å². The fourth-order valence-electron chi connectivity index (χ4n) is 6.11. The van der Waals surface area contributed by atoms with Crippen molar-refractivity contribution in [3.05, 3.63) is 71.2 Å². The van der Waals surface area contributed by atoms with Crippen LogP contribution in [0.3, 0.4) is 0 Å². The molecule has 0 radical (unpaired) electrons. The molecule has 2 aliphatic heterocycles. The summed E-state index contributed by atoms with van der Waals surface area (Å²) in [7, 11) is 1.55. The monoisotopic (exact) mass is 541 g/mol. The van der Waals surface area contributed by atoms with Crippen molar-refractivity contribution in [2.75, 3.05) is 19.0 Å². The average molecular weight is 542 g/mol. The Bertz CT molecular complexity index is 1550. The summed E-state index contributed by atoms with van der Waals surface area (Å²) in [5, 5.41) is 6.81. The normalized spacial score (nSPS) is 21.0. The fourth-order valence-corrected chi connectivity index (χ4v) is 6.37. The third-order valence-electron chi connectivity index (χ3n) is 7.86. The maximum atomic E-state index is 13.0. The zero-order valence-corrected chi connectivity index (χ0v) is 22.3. The Hall–Kier alpha value is -4.22. The maximum Gasteiger partial charge on any atom is 0.255 e. The van der Waals surface area contributed by atoms with Gasteiger partial charge in [-0.15, -0.1) is 0 Å². The van der Waals surface area contributed by atoms with Gasteiger partial charge in [-0.25, -0.2) is 0 Å². The highest BCUT2D eigenvalue weighted by Crippen LogP contribution is 2.43. The molecule has 3 aromatic rings. The first-order valence-electron chi connectivity index (χ1n) is 13.0. The number of methoxy groups -OCH3 is 1. The van der Waals surface area contributed by atoms with Crippen LogP contribution in [0.25, 0.3) is 11.3 Å². The highest BCUT2D eigenvalue weighted by molar-refractivity contribution is 6.32. The van der Waals surface area contributed by atoms with Crippen molar-refractivity contribution in [1.82, 2.24) is 20.2 Å². The van der Waals surface area contributed by atoms with Crippen LogP contribution >= 0.6 is 11.6 Å². The number of carbonyl (C=O) groups excluding carboxylic acids is 2. The molecular weight excluding hydrogens is 514 g/mol. The summed E-state index contributed by atoms with van der Waals surface area (Å²) in [4.78, 5) is 35.3. The van der Waals surface area contributed by atoms with Crippen LogP contribution in [0, 0.1) is 17.8 Å². The van der Waals surface area contributed by atoms with E-state index in [4.69, 9.17) is 16.3 Å². The van der Waals surface area contributed by atoms with Gasteiger partial charge in [-0.3, -0.25) is 14.6 Å². The Morgan fingerprint density at radius 1 is 1.33 bits per heavy atom. The molecular formula is C30H28ClN5O3. The molecule has 1 aromatic carbocycles. The van der Waals surface area contributed by atoms with Gasteiger partial charge in [0.15, 0.2) is 5.75 Å². The molecule has 4 heterocycles. The van der Waals surface area contributed by atoms with E-state index in [2.05, 4.69) is 39.0 Å². The predicted octanol–water partition coefficient (Wildman–Crippen LogP) is 4.69. The number of hydrogen-bond donors (Lipinski definition) is 3. The topological polar surface area (TPSA) is 99.3 Å². The number of anilines is 2. The largest absolute Gasteiger partial charge is 0.493 e. The number of nitrogens with zero attached hydrogens (tertiary/aromatic N) is 2. The third-order valence-corrected chi connectivity index (χ3v) is 8.15. The van der Waals surface area contributed by atoms with Gasteiger partial charge in [0.25, 0.3) is 5.91 Å². The number of fused-ring (bicyclic) bond motifs is 3. The highest BCUT2D eigenvalue weighted by Gasteiger charge is 2.46. The lowest BCUT2D eigenvalue weighted by molar-refractivity contribution is -0.128. The second kappa shape index (κ2) is 10.2. The Morgan fingerprint density at radius 2 is 2.21 bits per heavy atom. The molecule has 1 aliphatic carbocycles. The molecule has 3 aliphatic rings. The van der Waals surface area contributed by atoms with Gasteiger partial charge in [0.2, 0.25) is 5.91 Å². The quantitative estimate of drug-likeness (QED) is 0.321. The van der Waals surface area contributed by atoms with Crippen LogP contribution in [-0.2, 0) is 11.2 Å². The van der Waals surface area contributed by atoms with E-state index < -0.39 is 0 Å². The Morgan fingerprint density at radius 3 is 3.03 bits per heavy atom. The molecule has 1 saturated heterocycles. The number of benzene rings is 1. The van der Waals surface area contributed by atoms with Crippen molar-refractivity contribution in [2.45, 2.75) is 37.8 Å². The maximum absolute atomic E-state index is 13.0. The Kier molecular flexibility index (Phi) is 6.53. The number of carbonyl (C=O) groups is 2. The molecule has 2 aromatic heterocycles. The van der Waals surface area contributed by atoms with Gasteiger partial charge in [-0.05, 0) is 49.5 Å². The van der Waals surface area contributed by atoms with Crippen LogP contribution in [0.15, 0.2) is 49.3 Å². The number of H-pyrrole nitrogens is 1. The molecule has 2 amide bonds. The standard InChI is InChI=1S/C30H28ClN5O3/c1-3-25(37)36-19-9-7-17(15-19)24(36)10-8-18-16-32-13-11-20(18)27-28(26-22(34-27)12-14-33-30(26)38)35-23-6-4-5-21(31)29(23)39-2/h3-6,11,13,16-17,19,24,34-35H,1,7,9,12,14-15H2,2H3,(H,33,38)/t17-,19+,24+/m1/s1. The molecule has 0 spiro atoms. The number of hydrogen-bond acceptors (Lipinski definition) is 5. The molecule has 2 fully saturated rings. The second-order valence-electron chi connectivity index (χ2n) is 9.99. The molecule has 6 rings (SSSR count). The Balaban J connectivity index is 1.45. The summed E-state index contributed by atoms with van der Waals surface area (Å²) >= 11 is 6.39. The molecule has 0 unspecified atom stereocenters. The average Bonchev–Trinajstić information content (AvgIpc) is 3.66. The molecule has 1 saturated carbocycles. The third kappa shape index (κ3) is 4.33. The van der Waals surface area contributed by atoms with Crippen molar-refractivity contribution in [1.29, 1.82) is 0 Å². The SMILES string of the molecule is C=CC(=O)N1[C@H]2CC[C@H](C2)[C@@H]1C#Cc1cnccc1-c1[nH]c2c(c1Nc1cccc(Cl)c1OC)C(=O)NCC2. The van der Waals surface area contributed by atoms with Crippen molar-refractivity contribution < 1.29 is 14.3 Å². The number of piperidine rings is 1. The van der Waals surface area contributed by atoms with Crippen molar-refractivity contribution >= 4 is 34.8 Å². The van der Waals surface area contributed by atoms with E-state index in [-0.39, 0.29) is 23.9 Å². The molecule has 3 N–H and O–H groups in total. The van der Waals surface area contributed by atoms with Crippen LogP contribution in [0.1, 0.15) is 40.9 Å². The van der Waals surface area contributed by atoms with Crippen molar-refractivity contribution in [3.8, 4) is 28.8 Å². The number of aromatic nitrogens is 2. The van der Waals surface area contributed by atoms with E-state index in [0.717, 1.165) is 36.2 Å². The number of ether oxygens (including phenoxy) is 1. The van der Waals surface area contributed by atoms with Crippen LogP contribution in [-0.4, -0.2) is 52.4 Å². The minimum atomic E-state index is -0.163. The number of nitrogens with one attached hydrogen (secondary N) is 3.